The largest absolute Gasteiger partial charge is 0.460 e. The molecule has 4 aromatic carbocycles. The zero-order valence-corrected chi connectivity index (χ0v) is 17.6. The zero-order valence-electron chi connectivity index (χ0n) is 17.6. The Morgan fingerprint density at radius 3 is 1.91 bits per heavy atom. The van der Waals surface area contributed by atoms with Crippen molar-refractivity contribution in [1.82, 2.24) is 0 Å². The van der Waals surface area contributed by atoms with Crippen molar-refractivity contribution in [3.05, 3.63) is 125 Å². The van der Waals surface area contributed by atoms with E-state index >= 15 is 0 Å². The second-order valence-electron chi connectivity index (χ2n) is 7.62. The van der Waals surface area contributed by atoms with Gasteiger partial charge < -0.3 is 14.2 Å². The van der Waals surface area contributed by atoms with Crippen LogP contribution in [0.1, 0.15) is 33.0 Å². The lowest BCUT2D eigenvalue weighted by Gasteiger charge is -2.26. The molecule has 0 amide bonds. The molecule has 0 saturated heterocycles. The number of hydrogen-bond acceptors (Lipinski definition) is 5. The molecule has 5 nitrogen and oxygen atoms in total. The Kier molecular flexibility index (Phi) is 5.60. The summed E-state index contributed by atoms with van der Waals surface area (Å²) in [5.41, 5.74) is 2.75. The molecule has 0 aromatic heterocycles. The summed E-state index contributed by atoms with van der Waals surface area (Å²) in [5, 5.41) is 0. The maximum Gasteiger partial charge on any atom is 0.343 e. The van der Waals surface area contributed by atoms with Gasteiger partial charge in [-0.1, -0.05) is 66.7 Å². The molecule has 0 unspecified atom stereocenters. The van der Waals surface area contributed by atoms with Crippen LogP contribution in [0, 0.1) is 0 Å². The molecule has 0 atom stereocenters. The molecule has 5 rings (SSSR count). The van der Waals surface area contributed by atoms with Gasteiger partial charge in [0.2, 0.25) is 0 Å². The summed E-state index contributed by atoms with van der Waals surface area (Å²) < 4.78 is 17.0. The Bertz CT molecular complexity index is 1250. The highest BCUT2D eigenvalue weighted by atomic mass is 16.5. The van der Waals surface area contributed by atoms with Gasteiger partial charge in [0.1, 0.15) is 29.8 Å². The number of benzene rings is 4. The average Bonchev–Trinajstić information content (AvgIpc) is 2.86. The highest BCUT2D eigenvalue weighted by Crippen LogP contribution is 2.44. The molecule has 1 aliphatic heterocycles. The highest BCUT2D eigenvalue weighted by molar-refractivity contribution is 5.91. The van der Waals surface area contributed by atoms with Crippen molar-refractivity contribution in [2.75, 3.05) is 0 Å². The lowest BCUT2D eigenvalue weighted by molar-refractivity contribution is -0.145. The molecular weight excluding hydrogens is 416 g/mol. The predicted molar refractivity (Wildman–Crippen MR) is 122 cm³/mol. The molecule has 0 aliphatic carbocycles. The number of para-hydroxylation sites is 3. The Morgan fingerprint density at radius 2 is 1.27 bits per heavy atom. The van der Waals surface area contributed by atoms with Crippen LogP contribution in [-0.4, -0.2) is 11.9 Å². The average molecular weight is 436 g/mol. The minimum Gasteiger partial charge on any atom is -0.460 e. The predicted octanol–water partition coefficient (Wildman–Crippen LogP) is 5.89. The summed E-state index contributed by atoms with van der Waals surface area (Å²) in [6.07, 6.45) is 0. The van der Waals surface area contributed by atoms with Crippen LogP contribution < -0.4 is 9.47 Å². The summed E-state index contributed by atoms with van der Waals surface area (Å²) in [7, 11) is 0. The Balaban J connectivity index is 1.28. The summed E-state index contributed by atoms with van der Waals surface area (Å²) in [6, 6.07) is 30.7. The van der Waals surface area contributed by atoms with Gasteiger partial charge in [0.25, 0.3) is 0 Å². The molecule has 0 fully saturated rings. The van der Waals surface area contributed by atoms with E-state index in [1.807, 2.05) is 54.6 Å². The number of hydrogen-bond donors (Lipinski definition) is 0. The van der Waals surface area contributed by atoms with Gasteiger partial charge in [-0.25, -0.2) is 4.79 Å². The molecule has 162 valence electrons. The molecule has 0 N–H and O–H groups in total. The van der Waals surface area contributed by atoms with Crippen LogP contribution in [-0.2, 0) is 16.1 Å². The van der Waals surface area contributed by atoms with E-state index in [4.69, 9.17) is 14.2 Å². The molecule has 1 aliphatic rings. The summed E-state index contributed by atoms with van der Waals surface area (Å²) in [4.78, 5) is 25.4. The van der Waals surface area contributed by atoms with Gasteiger partial charge in [0.15, 0.2) is 0 Å². The van der Waals surface area contributed by atoms with E-state index in [0.717, 1.165) is 16.7 Å². The summed E-state index contributed by atoms with van der Waals surface area (Å²) in [6.45, 7) is 0.0918. The van der Waals surface area contributed by atoms with E-state index in [1.54, 1.807) is 48.5 Å². The third-order valence-electron chi connectivity index (χ3n) is 5.44. The van der Waals surface area contributed by atoms with Gasteiger partial charge in [0.05, 0.1) is 5.56 Å². The monoisotopic (exact) mass is 436 g/mol. The standard InChI is InChI=1S/C28H20O5/c29-27(32-21-8-2-1-3-9-21)20-16-14-19(15-17-20)18-31-28(30)26-22-10-4-6-12-24(22)33-25-13-7-5-11-23(25)26/h1-17,26H,18H2. The van der Waals surface area contributed by atoms with Gasteiger partial charge in [-0.05, 0) is 42.0 Å². The fourth-order valence-electron chi connectivity index (χ4n) is 3.79. The minimum atomic E-state index is -0.564. The zero-order chi connectivity index (χ0) is 22.6. The smallest absolute Gasteiger partial charge is 0.343 e. The van der Waals surface area contributed by atoms with Crippen LogP contribution in [0.4, 0.5) is 0 Å². The molecule has 33 heavy (non-hydrogen) atoms. The maximum atomic E-state index is 13.1. The number of ether oxygens (including phenoxy) is 3. The van der Waals surface area contributed by atoms with Gasteiger partial charge in [-0.15, -0.1) is 0 Å². The minimum absolute atomic E-state index is 0.0918. The lowest BCUT2D eigenvalue weighted by Crippen LogP contribution is -2.21. The van der Waals surface area contributed by atoms with Crippen LogP contribution in [0.25, 0.3) is 0 Å². The fraction of sp³-hybridized carbons (Fsp3) is 0.0714. The molecule has 0 saturated carbocycles. The van der Waals surface area contributed by atoms with Gasteiger partial charge in [0, 0.05) is 11.1 Å². The normalized spacial score (nSPS) is 12.1. The van der Waals surface area contributed by atoms with Crippen LogP contribution in [0.3, 0.4) is 0 Å². The Morgan fingerprint density at radius 1 is 0.697 bits per heavy atom. The van der Waals surface area contributed by atoms with E-state index in [-0.39, 0.29) is 12.6 Å². The van der Waals surface area contributed by atoms with Crippen molar-refractivity contribution in [3.63, 3.8) is 0 Å². The highest BCUT2D eigenvalue weighted by Gasteiger charge is 2.33. The number of rotatable bonds is 5. The maximum absolute atomic E-state index is 13.1. The number of carbonyl (C=O) groups is 2. The van der Waals surface area contributed by atoms with E-state index in [1.165, 1.54) is 0 Å². The molecule has 1 heterocycles. The van der Waals surface area contributed by atoms with Gasteiger partial charge >= 0.3 is 11.9 Å². The van der Waals surface area contributed by atoms with Crippen molar-refractivity contribution < 1.29 is 23.8 Å². The van der Waals surface area contributed by atoms with E-state index in [9.17, 15) is 9.59 Å². The molecule has 0 spiro atoms. The first-order valence-electron chi connectivity index (χ1n) is 10.6. The summed E-state index contributed by atoms with van der Waals surface area (Å²) >= 11 is 0. The van der Waals surface area contributed by atoms with E-state index < -0.39 is 11.9 Å². The SMILES string of the molecule is O=C(Oc1ccccc1)c1ccc(COC(=O)C2c3ccccc3Oc3ccccc32)cc1. The topological polar surface area (TPSA) is 61.8 Å². The Hall–Kier alpha value is -4.38. The molecule has 5 heteroatoms. The van der Waals surface area contributed by atoms with Gasteiger partial charge in [-0.3, -0.25) is 4.79 Å². The molecule has 0 bridgehead atoms. The lowest BCUT2D eigenvalue weighted by atomic mass is 9.88. The van der Waals surface area contributed by atoms with Crippen molar-refractivity contribution >= 4 is 11.9 Å². The molecule has 0 radical (unpaired) electrons. The van der Waals surface area contributed by atoms with Crippen molar-refractivity contribution in [1.29, 1.82) is 0 Å². The first kappa shape index (κ1) is 20.5. The van der Waals surface area contributed by atoms with Crippen molar-refractivity contribution in [2.24, 2.45) is 0 Å². The van der Waals surface area contributed by atoms with E-state index in [0.29, 0.717) is 22.8 Å². The second kappa shape index (κ2) is 9.01. The van der Waals surface area contributed by atoms with Crippen LogP contribution in [0.15, 0.2) is 103 Å². The van der Waals surface area contributed by atoms with Crippen LogP contribution in [0.2, 0.25) is 0 Å². The summed E-state index contributed by atoms with van der Waals surface area (Å²) in [5.74, 6) is 0.425. The van der Waals surface area contributed by atoms with Crippen molar-refractivity contribution in [3.8, 4) is 17.2 Å². The second-order valence-corrected chi connectivity index (χ2v) is 7.62. The number of esters is 2. The van der Waals surface area contributed by atoms with Crippen LogP contribution >= 0.6 is 0 Å². The molecular formula is C28H20O5. The number of carbonyl (C=O) groups excluding carboxylic acids is 2. The van der Waals surface area contributed by atoms with E-state index in [2.05, 4.69) is 0 Å². The van der Waals surface area contributed by atoms with Crippen molar-refractivity contribution in [2.45, 2.75) is 12.5 Å². The van der Waals surface area contributed by atoms with Crippen LogP contribution in [0.5, 0.6) is 17.2 Å². The third-order valence-corrected chi connectivity index (χ3v) is 5.44. The first-order valence-corrected chi connectivity index (χ1v) is 10.6. The quantitative estimate of drug-likeness (QED) is 0.288. The third kappa shape index (κ3) is 4.34. The Labute approximate surface area is 191 Å². The number of fused-ring (bicyclic) bond motifs is 2. The molecule has 4 aromatic rings. The first-order chi connectivity index (χ1) is 16.2. The van der Waals surface area contributed by atoms with Gasteiger partial charge in [-0.2, -0.15) is 0 Å². The fourth-order valence-corrected chi connectivity index (χ4v) is 3.79.